The van der Waals surface area contributed by atoms with Crippen LogP contribution in [0.25, 0.3) is 21.9 Å². The Morgan fingerprint density at radius 1 is 0.909 bits per heavy atom. The Balaban J connectivity index is 1.71. The number of aromatic nitrogens is 1. The van der Waals surface area contributed by atoms with E-state index in [2.05, 4.69) is 5.32 Å². The minimum atomic E-state index is -0.806. The molecule has 0 aliphatic carbocycles. The van der Waals surface area contributed by atoms with Gasteiger partial charge >= 0.3 is 5.97 Å². The van der Waals surface area contributed by atoms with Crippen LogP contribution in [0.4, 0.5) is 5.69 Å². The predicted octanol–water partition coefficient (Wildman–Crippen LogP) is 5.31. The lowest BCUT2D eigenvalue weighted by molar-refractivity contribution is -0.119. The average Bonchev–Trinajstić information content (AvgIpc) is 2.82. The highest BCUT2D eigenvalue weighted by Gasteiger charge is 2.23. The molecule has 3 aromatic carbocycles. The van der Waals surface area contributed by atoms with E-state index in [1.165, 1.54) is 11.6 Å². The summed E-state index contributed by atoms with van der Waals surface area (Å²) in [6, 6.07) is 20.6. The van der Waals surface area contributed by atoms with E-state index in [0.29, 0.717) is 37.6 Å². The van der Waals surface area contributed by atoms with Gasteiger partial charge in [0.15, 0.2) is 6.61 Å². The molecule has 1 N–H and O–H groups in total. The van der Waals surface area contributed by atoms with Crippen LogP contribution in [0.1, 0.15) is 10.5 Å². The fourth-order valence-electron chi connectivity index (χ4n) is 3.56. The van der Waals surface area contributed by atoms with E-state index in [0.717, 1.165) is 0 Å². The highest BCUT2D eigenvalue weighted by molar-refractivity contribution is 6.33. The number of hydrogen-bond donors (Lipinski definition) is 1. The molecule has 33 heavy (non-hydrogen) atoms. The summed E-state index contributed by atoms with van der Waals surface area (Å²) in [5, 5.41) is 4.54. The van der Waals surface area contributed by atoms with Gasteiger partial charge in [0.1, 0.15) is 5.69 Å². The number of rotatable bonds is 5. The Morgan fingerprint density at radius 3 is 2.24 bits per heavy atom. The molecule has 0 saturated carbocycles. The van der Waals surface area contributed by atoms with Crippen LogP contribution < -0.4 is 10.9 Å². The van der Waals surface area contributed by atoms with Crippen molar-refractivity contribution < 1.29 is 14.3 Å². The Labute approximate surface area is 199 Å². The van der Waals surface area contributed by atoms with E-state index in [1.807, 2.05) is 0 Å². The molecule has 0 fully saturated rings. The molecule has 4 rings (SSSR count). The Kier molecular flexibility index (Phi) is 6.49. The molecule has 4 aromatic rings. The van der Waals surface area contributed by atoms with Crippen LogP contribution in [0, 0.1) is 0 Å². The molecule has 1 amide bonds. The van der Waals surface area contributed by atoms with Gasteiger partial charge in [-0.2, -0.15) is 0 Å². The highest BCUT2D eigenvalue weighted by Crippen LogP contribution is 2.31. The molecule has 0 bridgehead atoms. The van der Waals surface area contributed by atoms with Crippen molar-refractivity contribution in [2.24, 2.45) is 7.05 Å². The molecule has 166 valence electrons. The number of carbonyl (C=O) groups is 2. The van der Waals surface area contributed by atoms with Crippen molar-refractivity contribution in [3.8, 4) is 11.1 Å². The molecule has 0 atom stereocenters. The molecule has 0 unspecified atom stereocenters. The van der Waals surface area contributed by atoms with Gasteiger partial charge in [0, 0.05) is 23.0 Å². The third kappa shape index (κ3) is 4.62. The Morgan fingerprint density at radius 2 is 1.55 bits per heavy atom. The van der Waals surface area contributed by atoms with Crippen LogP contribution in [0.2, 0.25) is 10.0 Å². The third-order valence-electron chi connectivity index (χ3n) is 5.11. The van der Waals surface area contributed by atoms with Crippen molar-refractivity contribution in [2.45, 2.75) is 0 Å². The normalized spacial score (nSPS) is 10.8. The van der Waals surface area contributed by atoms with E-state index in [1.54, 1.807) is 72.8 Å². The van der Waals surface area contributed by atoms with E-state index < -0.39 is 18.5 Å². The van der Waals surface area contributed by atoms with Gasteiger partial charge in [-0.05, 0) is 41.3 Å². The van der Waals surface area contributed by atoms with Crippen molar-refractivity contribution in [1.29, 1.82) is 0 Å². The first-order valence-corrected chi connectivity index (χ1v) is 10.7. The monoisotopic (exact) mass is 480 g/mol. The number of ether oxygens (including phenoxy) is 1. The molecule has 0 aliphatic heterocycles. The molecule has 6 nitrogen and oxygen atoms in total. The molecule has 8 heteroatoms. The first-order chi connectivity index (χ1) is 15.9. The molecule has 1 aromatic heterocycles. The summed E-state index contributed by atoms with van der Waals surface area (Å²) in [5.41, 5.74) is 1.28. The first kappa shape index (κ1) is 22.6. The number of amides is 1. The predicted molar refractivity (Wildman–Crippen MR) is 130 cm³/mol. The van der Waals surface area contributed by atoms with Gasteiger partial charge in [-0.15, -0.1) is 0 Å². The highest BCUT2D eigenvalue weighted by atomic mass is 35.5. The fourth-order valence-corrected chi connectivity index (χ4v) is 3.87. The number of carbonyl (C=O) groups excluding carboxylic acids is 2. The van der Waals surface area contributed by atoms with Crippen LogP contribution in [-0.2, 0) is 16.6 Å². The van der Waals surface area contributed by atoms with Crippen molar-refractivity contribution >= 4 is 51.5 Å². The number of fused-ring (bicyclic) bond motifs is 1. The van der Waals surface area contributed by atoms with Gasteiger partial charge < -0.3 is 14.6 Å². The van der Waals surface area contributed by atoms with Gasteiger partial charge in [-0.25, -0.2) is 4.79 Å². The second kappa shape index (κ2) is 9.48. The van der Waals surface area contributed by atoms with E-state index in [-0.39, 0.29) is 11.3 Å². The van der Waals surface area contributed by atoms with Gasteiger partial charge in [-0.3, -0.25) is 9.59 Å². The fraction of sp³-hybridized carbons (Fsp3) is 0.0800. The topological polar surface area (TPSA) is 77.4 Å². The summed E-state index contributed by atoms with van der Waals surface area (Å²) < 4.78 is 6.53. The molecule has 1 heterocycles. The second-order valence-corrected chi connectivity index (χ2v) is 8.09. The Hall–Kier alpha value is -3.61. The maximum atomic E-state index is 13.1. The zero-order valence-electron chi connectivity index (χ0n) is 17.5. The number of nitrogens with zero attached hydrogens (tertiary/aromatic N) is 1. The van der Waals surface area contributed by atoms with Crippen molar-refractivity contribution in [1.82, 2.24) is 4.57 Å². The molecule has 0 radical (unpaired) electrons. The number of hydrogen-bond acceptors (Lipinski definition) is 4. The van der Waals surface area contributed by atoms with Gasteiger partial charge in [0.2, 0.25) is 0 Å². The van der Waals surface area contributed by atoms with Gasteiger partial charge in [0.25, 0.3) is 11.5 Å². The zero-order chi connectivity index (χ0) is 23.5. The van der Waals surface area contributed by atoms with E-state index in [9.17, 15) is 14.4 Å². The SMILES string of the molecule is Cn1c(C(=O)OCC(=O)Nc2ccccc2Cl)c(-c2ccc(Cl)cc2)c2ccccc2c1=O. The molecule has 0 aliphatic rings. The van der Waals surface area contributed by atoms with Crippen LogP contribution in [0.3, 0.4) is 0 Å². The number of benzene rings is 3. The standard InChI is InChI=1S/C25H18Cl2N2O4/c1-29-23(25(32)33-14-21(30)28-20-9-5-4-8-19(20)27)22(15-10-12-16(26)13-11-15)17-6-2-3-7-18(17)24(29)31/h2-13H,14H2,1H3,(H,28,30). The summed E-state index contributed by atoms with van der Waals surface area (Å²) in [5.74, 6) is -1.37. The maximum absolute atomic E-state index is 13.1. The number of para-hydroxylation sites is 1. The van der Waals surface area contributed by atoms with Crippen LogP contribution in [0.15, 0.2) is 77.6 Å². The molecular weight excluding hydrogens is 463 g/mol. The lowest BCUT2D eigenvalue weighted by Gasteiger charge is -2.17. The van der Waals surface area contributed by atoms with E-state index in [4.69, 9.17) is 27.9 Å². The summed E-state index contributed by atoms with van der Waals surface area (Å²) >= 11 is 12.1. The van der Waals surface area contributed by atoms with Crippen molar-refractivity contribution in [2.75, 3.05) is 11.9 Å². The largest absolute Gasteiger partial charge is 0.451 e. The summed E-state index contributed by atoms with van der Waals surface area (Å²) in [6.07, 6.45) is 0. The lowest BCUT2D eigenvalue weighted by Crippen LogP contribution is -2.28. The van der Waals surface area contributed by atoms with Crippen LogP contribution in [-0.4, -0.2) is 23.1 Å². The zero-order valence-corrected chi connectivity index (χ0v) is 19.0. The number of anilines is 1. The van der Waals surface area contributed by atoms with Crippen molar-refractivity contribution in [3.63, 3.8) is 0 Å². The number of halogens is 2. The second-order valence-electron chi connectivity index (χ2n) is 7.24. The minimum Gasteiger partial charge on any atom is -0.451 e. The molecular formula is C25H18Cl2N2O4. The van der Waals surface area contributed by atoms with Crippen molar-refractivity contribution in [3.05, 3.63) is 98.9 Å². The smallest absolute Gasteiger partial charge is 0.356 e. The molecule has 0 saturated heterocycles. The number of nitrogens with one attached hydrogen (secondary N) is 1. The van der Waals surface area contributed by atoms with Crippen LogP contribution in [0.5, 0.6) is 0 Å². The summed E-state index contributed by atoms with van der Waals surface area (Å²) in [4.78, 5) is 38.4. The third-order valence-corrected chi connectivity index (χ3v) is 5.69. The quantitative estimate of drug-likeness (QED) is 0.392. The maximum Gasteiger partial charge on any atom is 0.356 e. The first-order valence-electron chi connectivity index (χ1n) is 9.96. The Bertz CT molecular complexity index is 1430. The van der Waals surface area contributed by atoms with Gasteiger partial charge in [-0.1, -0.05) is 65.7 Å². The summed E-state index contributed by atoms with van der Waals surface area (Å²) in [6.45, 7) is -0.550. The van der Waals surface area contributed by atoms with Gasteiger partial charge in [0.05, 0.1) is 10.7 Å². The van der Waals surface area contributed by atoms with Crippen LogP contribution >= 0.6 is 23.2 Å². The number of pyridine rings is 1. The summed E-state index contributed by atoms with van der Waals surface area (Å²) in [7, 11) is 1.49. The average molecular weight is 481 g/mol. The lowest BCUT2D eigenvalue weighted by atomic mass is 9.97. The molecule has 0 spiro atoms. The minimum absolute atomic E-state index is 0.0339. The van der Waals surface area contributed by atoms with E-state index >= 15 is 0 Å². The number of esters is 1.